The first-order valence-electron chi connectivity index (χ1n) is 12.7. The molecule has 4 nitrogen and oxygen atoms in total. The van der Waals surface area contributed by atoms with Gasteiger partial charge in [-0.15, -0.1) is 0 Å². The van der Waals surface area contributed by atoms with Crippen LogP contribution in [0.5, 0.6) is 0 Å². The van der Waals surface area contributed by atoms with Crippen molar-refractivity contribution in [2.75, 3.05) is 39.3 Å². The van der Waals surface area contributed by atoms with E-state index in [9.17, 15) is 0 Å². The van der Waals surface area contributed by atoms with E-state index in [2.05, 4.69) is 10.2 Å². The van der Waals surface area contributed by atoms with Crippen LogP contribution in [0.25, 0.3) is 0 Å². The fourth-order valence-electron chi connectivity index (χ4n) is 4.47. The standard InChI is InChI=1S/C24H52N4/c25-18-13-21-28(22-14-19-26)23-15-20-27-24-16-11-9-7-5-3-1-2-4-6-8-10-12-17-24/h24,27H,1-23,25-26H2. The molecule has 168 valence electrons. The van der Waals surface area contributed by atoms with Crippen LogP contribution in [-0.4, -0.2) is 50.2 Å². The number of hydrogen-bond donors (Lipinski definition) is 3. The van der Waals surface area contributed by atoms with Gasteiger partial charge in [-0.2, -0.15) is 0 Å². The topological polar surface area (TPSA) is 67.3 Å². The van der Waals surface area contributed by atoms with Gasteiger partial charge < -0.3 is 21.7 Å². The molecule has 28 heavy (non-hydrogen) atoms. The molecule has 1 fully saturated rings. The van der Waals surface area contributed by atoms with Crippen LogP contribution in [0.3, 0.4) is 0 Å². The van der Waals surface area contributed by atoms with Gasteiger partial charge in [0, 0.05) is 6.04 Å². The molecule has 0 saturated heterocycles. The predicted molar refractivity (Wildman–Crippen MR) is 125 cm³/mol. The Morgan fingerprint density at radius 3 is 1.39 bits per heavy atom. The Morgan fingerprint density at radius 1 is 0.571 bits per heavy atom. The van der Waals surface area contributed by atoms with Crippen LogP contribution < -0.4 is 16.8 Å². The summed E-state index contributed by atoms with van der Waals surface area (Å²) in [5.41, 5.74) is 11.4. The minimum absolute atomic E-state index is 0.742. The molecular formula is C24H52N4. The molecule has 0 amide bonds. The Hall–Kier alpha value is -0.160. The molecule has 0 atom stereocenters. The van der Waals surface area contributed by atoms with E-state index >= 15 is 0 Å². The highest BCUT2D eigenvalue weighted by Crippen LogP contribution is 2.17. The van der Waals surface area contributed by atoms with Gasteiger partial charge in [-0.3, -0.25) is 0 Å². The summed E-state index contributed by atoms with van der Waals surface area (Å²) in [6, 6.07) is 0.742. The lowest BCUT2D eigenvalue weighted by Gasteiger charge is -2.23. The molecule has 5 N–H and O–H groups in total. The highest BCUT2D eigenvalue weighted by Gasteiger charge is 2.09. The minimum atomic E-state index is 0.742. The van der Waals surface area contributed by atoms with Crippen LogP contribution in [0.2, 0.25) is 0 Å². The fourth-order valence-corrected chi connectivity index (χ4v) is 4.47. The summed E-state index contributed by atoms with van der Waals surface area (Å²) in [5.74, 6) is 0. The summed E-state index contributed by atoms with van der Waals surface area (Å²) < 4.78 is 0. The van der Waals surface area contributed by atoms with Crippen LogP contribution in [0.1, 0.15) is 109 Å². The number of nitrogens with one attached hydrogen (secondary N) is 1. The van der Waals surface area contributed by atoms with Crippen LogP contribution in [-0.2, 0) is 0 Å². The molecule has 1 aliphatic rings. The van der Waals surface area contributed by atoms with E-state index in [0.717, 1.165) is 51.6 Å². The van der Waals surface area contributed by atoms with Crippen molar-refractivity contribution in [3.63, 3.8) is 0 Å². The summed E-state index contributed by atoms with van der Waals surface area (Å²) in [6.07, 6.45) is 23.6. The van der Waals surface area contributed by atoms with E-state index in [1.807, 2.05) is 0 Å². The fraction of sp³-hybridized carbons (Fsp3) is 1.00. The Balaban J connectivity index is 2.25. The maximum atomic E-state index is 5.69. The van der Waals surface area contributed by atoms with Gasteiger partial charge in [-0.05, 0) is 71.4 Å². The number of nitrogens with zero attached hydrogens (tertiary/aromatic N) is 1. The minimum Gasteiger partial charge on any atom is -0.330 e. The van der Waals surface area contributed by atoms with Crippen molar-refractivity contribution in [2.45, 2.75) is 115 Å². The van der Waals surface area contributed by atoms with Crippen molar-refractivity contribution in [1.29, 1.82) is 0 Å². The summed E-state index contributed by atoms with van der Waals surface area (Å²) >= 11 is 0. The van der Waals surface area contributed by atoms with E-state index in [4.69, 9.17) is 11.5 Å². The van der Waals surface area contributed by atoms with Gasteiger partial charge in [0.15, 0.2) is 0 Å². The highest BCUT2D eigenvalue weighted by atomic mass is 15.1. The molecule has 0 aliphatic heterocycles. The van der Waals surface area contributed by atoms with E-state index in [-0.39, 0.29) is 0 Å². The summed E-state index contributed by atoms with van der Waals surface area (Å²) in [6.45, 7) is 6.17. The molecule has 1 rings (SSSR count). The Labute approximate surface area is 176 Å². The lowest BCUT2D eigenvalue weighted by atomic mass is 10.0. The normalized spacial score (nSPS) is 19.4. The molecule has 1 aliphatic carbocycles. The number of rotatable bonds is 11. The Morgan fingerprint density at radius 2 is 0.964 bits per heavy atom. The van der Waals surface area contributed by atoms with Gasteiger partial charge in [-0.1, -0.05) is 77.0 Å². The van der Waals surface area contributed by atoms with Crippen LogP contribution >= 0.6 is 0 Å². The van der Waals surface area contributed by atoms with Crippen molar-refractivity contribution >= 4 is 0 Å². The molecule has 0 radical (unpaired) electrons. The number of nitrogens with two attached hydrogens (primary N) is 2. The lowest BCUT2D eigenvalue weighted by Crippen LogP contribution is -2.34. The van der Waals surface area contributed by atoms with Crippen LogP contribution in [0, 0.1) is 0 Å². The molecule has 0 bridgehead atoms. The first-order valence-corrected chi connectivity index (χ1v) is 12.7. The third-order valence-corrected chi connectivity index (χ3v) is 6.30. The second-order valence-corrected chi connectivity index (χ2v) is 8.95. The molecule has 4 heteroatoms. The van der Waals surface area contributed by atoms with E-state index in [0.29, 0.717) is 0 Å². The average molecular weight is 397 g/mol. The molecule has 0 spiro atoms. The Bertz CT molecular complexity index is 287. The zero-order valence-electron chi connectivity index (χ0n) is 18.9. The third kappa shape index (κ3) is 15.7. The SMILES string of the molecule is NCCCN(CCCN)CCCNC1CCCCCCCCCCCCCC1. The maximum Gasteiger partial charge on any atom is 0.00670 e. The summed E-state index contributed by atoms with van der Waals surface area (Å²) in [7, 11) is 0. The predicted octanol–water partition coefficient (Wildman–Crippen LogP) is 4.81. The largest absolute Gasteiger partial charge is 0.330 e. The second kappa shape index (κ2) is 20.1. The van der Waals surface area contributed by atoms with Gasteiger partial charge in [-0.25, -0.2) is 0 Å². The van der Waals surface area contributed by atoms with E-state index in [1.54, 1.807) is 0 Å². The molecule has 1 saturated carbocycles. The van der Waals surface area contributed by atoms with Crippen molar-refractivity contribution in [2.24, 2.45) is 11.5 Å². The second-order valence-electron chi connectivity index (χ2n) is 8.95. The summed E-state index contributed by atoms with van der Waals surface area (Å²) in [5, 5.41) is 3.91. The van der Waals surface area contributed by atoms with Crippen molar-refractivity contribution in [1.82, 2.24) is 10.2 Å². The maximum absolute atomic E-state index is 5.69. The molecule has 0 aromatic heterocycles. The molecule has 0 aromatic rings. The molecular weight excluding hydrogens is 344 g/mol. The van der Waals surface area contributed by atoms with Gasteiger partial charge >= 0.3 is 0 Å². The smallest absolute Gasteiger partial charge is 0.00670 e. The third-order valence-electron chi connectivity index (χ3n) is 6.30. The lowest BCUT2D eigenvalue weighted by molar-refractivity contribution is 0.262. The number of hydrogen-bond acceptors (Lipinski definition) is 4. The van der Waals surface area contributed by atoms with Crippen molar-refractivity contribution in [3.05, 3.63) is 0 Å². The quantitative estimate of drug-likeness (QED) is 0.438. The van der Waals surface area contributed by atoms with Crippen molar-refractivity contribution < 1.29 is 0 Å². The van der Waals surface area contributed by atoms with E-state index < -0.39 is 0 Å². The zero-order valence-corrected chi connectivity index (χ0v) is 18.9. The first kappa shape index (κ1) is 25.9. The molecule has 0 aromatic carbocycles. The van der Waals surface area contributed by atoms with Gasteiger partial charge in [0.25, 0.3) is 0 Å². The van der Waals surface area contributed by atoms with E-state index in [1.165, 1.54) is 103 Å². The zero-order chi connectivity index (χ0) is 20.1. The van der Waals surface area contributed by atoms with Crippen LogP contribution in [0.15, 0.2) is 0 Å². The summed E-state index contributed by atoms with van der Waals surface area (Å²) in [4.78, 5) is 2.55. The van der Waals surface area contributed by atoms with Gasteiger partial charge in [0.05, 0.1) is 0 Å². The highest BCUT2D eigenvalue weighted by molar-refractivity contribution is 4.69. The van der Waals surface area contributed by atoms with Crippen molar-refractivity contribution in [3.8, 4) is 0 Å². The molecule has 0 unspecified atom stereocenters. The Kier molecular flexibility index (Phi) is 18.6. The van der Waals surface area contributed by atoms with Gasteiger partial charge in [0.1, 0.15) is 0 Å². The van der Waals surface area contributed by atoms with Crippen LogP contribution in [0.4, 0.5) is 0 Å². The van der Waals surface area contributed by atoms with Gasteiger partial charge in [0.2, 0.25) is 0 Å². The monoisotopic (exact) mass is 396 g/mol. The molecule has 0 heterocycles. The average Bonchev–Trinajstić information content (AvgIpc) is 2.72. The first-order chi connectivity index (χ1) is 13.9.